The van der Waals surface area contributed by atoms with Crippen LogP contribution >= 0.6 is 11.8 Å². The normalized spacial score (nSPS) is 15.0. The van der Waals surface area contributed by atoms with Crippen molar-refractivity contribution in [2.75, 3.05) is 12.4 Å². The van der Waals surface area contributed by atoms with Gasteiger partial charge < -0.3 is 4.74 Å². The fourth-order valence-electron chi connectivity index (χ4n) is 1.85. The van der Waals surface area contributed by atoms with E-state index < -0.39 is 48.0 Å². The lowest BCUT2D eigenvalue weighted by Gasteiger charge is -2.33. The highest BCUT2D eigenvalue weighted by molar-refractivity contribution is 8.00. The summed E-state index contributed by atoms with van der Waals surface area (Å²) >= 11 is 0.796. The molecule has 0 rings (SSSR count). The van der Waals surface area contributed by atoms with Crippen LogP contribution in [0.4, 0.5) is 39.5 Å². The van der Waals surface area contributed by atoms with Crippen LogP contribution in [0.5, 0.6) is 0 Å². The molecule has 156 valence electrons. The number of esters is 1. The summed E-state index contributed by atoms with van der Waals surface area (Å²) in [6, 6.07) is 0. The Morgan fingerprint density at radius 2 is 1.50 bits per heavy atom. The van der Waals surface area contributed by atoms with Crippen molar-refractivity contribution in [1.29, 1.82) is 0 Å². The molecular formula is C14H19F9O2S. The third-order valence-electron chi connectivity index (χ3n) is 3.26. The van der Waals surface area contributed by atoms with E-state index in [9.17, 15) is 44.3 Å². The fourth-order valence-corrected chi connectivity index (χ4v) is 3.05. The average Bonchev–Trinajstić information content (AvgIpc) is 2.49. The quantitative estimate of drug-likeness (QED) is 0.243. The first-order valence-corrected chi connectivity index (χ1v) is 8.69. The highest BCUT2D eigenvalue weighted by Crippen LogP contribution is 2.54. The maximum atomic E-state index is 13.3. The maximum Gasteiger partial charge on any atom is 0.460 e. The Bertz CT molecular complexity index is 452. The largest absolute Gasteiger partial charge is 0.465 e. The van der Waals surface area contributed by atoms with E-state index in [2.05, 4.69) is 0 Å². The topological polar surface area (TPSA) is 26.3 Å². The van der Waals surface area contributed by atoms with Crippen molar-refractivity contribution in [1.82, 2.24) is 0 Å². The maximum absolute atomic E-state index is 13.3. The number of carbonyl (C=O) groups excluding carboxylic acids is 1. The smallest absolute Gasteiger partial charge is 0.460 e. The molecule has 0 aliphatic heterocycles. The molecule has 2 nitrogen and oxygen atoms in total. The Morgan fingerprint density at radius 3 is 1.92 bits per heavy atom. The Morgan fingerprint density at radius 1 is 0.962 bits per heavy atom. The summed E-state index contributed by atoms with van der Waals surface area (Å²) in [6.07, 6.45) is -8.66. The third-order valence-corrected chi connectivity index (χ3v) is 4.62. The van der Waals surface area contributed by atoms with E-state index in [0.717, 1.165) is 11.8 Å². The zero-order valence-corrected chi connectivity index (χ0v) is 14.8. The Hall–Kier alpha value is -0.810. The van der Waals surface area contributed by atoms with E-state index in [1.54, 1.807) is 6.92 Å². The van der Waals surface area contributed by atoms with Gasteiger partial charge in [0.25, 0.3) is 0 Å². The van der Waals surface area contributed by atoms with Crippen molar-refractivity contribution < 1.29 is 49.0 Å². The molecule has 0 aromatic carbocycles. The third kappa shape index (κ3) is 5.85. The summed E-state index contributed by atoms with van der Waals surface area (Å²) in [7, 11) is 0. The zero-order chi connectivity index (χ0) is 20.8. The Labute approximate surface area is 148 Å². The van der Waals surface area contributed by atoms with Gasteiger partial charge in [0.15, 0.2) is 0 Å². The molecule has 0 spiro atoms. The molecule has 1 unspecified atom stereocenters. The standard InChI is InChI=1S/C14H19F9O2S/c1-3-6-9(10(24)25-4-2)26-8-5-7-11(15,16)12(17,18)13(19,20)14(21,22)23/h9H,3-8H2,1-2H3. The van der Waals surface area contributed by atoms with Gasteiger partial charge >= 0.3 is 29.9 Å². The molecule has 0 aromatic heterocycles. The van der Waals surface area contributed by atoms with Gasteiger partial charge in [0.1, 0.15) is 5.25 Å². The zero-order valence-electron chi connectivity index (χ0n) is 13.9. The molecule has 1 atom stereocenters. The van der Waals surface area contributed by atoms with E-state index in [-0.39, 0.29) is 12.4 Å². The number of halogens is 9. The van der Waals surface area contributed by atoms with Crippen molar-refractivity contribution in [2.24, 2.45) is 0 Å². The summed E-state index contributed by atoms with van der Waals surface area (Å²) in [5.74, 6) is -20.0. The highest BCUT2D eigenvalue weighted by atomic mass is 32.2. The Balaban J connectivity index is 4.85. The van der Waals surface area contributed by atoms with Crippen LogP contribution in [-0.4, -0.2) is 47.5 Å². The van der Waals surface area contributed by atoms with Crippen LogP contribution in [0.1, 0.15) is 39.5 Å². The van der Waals surface area contributed by atoms with E-state index in [1.807, 2.05) is 0 Å². The van der Waals surface area contributed by atoms with Gasteiger partial charge in [-0.05, 0) is 25.5 Å². The molecule has 0 N–H and O–H groups in total. The first-order chi connectivity index (χ1) is 11.7. The van der Waals surface area contributed by atoms with Crippen LogP contribution in [0.2, 0.25) is 0 Å². The summed E-state index contributed by atoms with van der Waals surface area (Å²) in [5, 5.41) is -0.759. The van der Waals surface area contributed by atoms with Crippen molar-refractivity contribution in [2.45, 2.75) is 68.7 Å². The number of alkyl halides is 9. The van der Waals surface area contributed by atoms with E-state index in [4.69, 9.17) is 4.74 Å². The second-order valence-corrected chi connectivity index (χ2v) is 6.67. The van der Waals surface area contributed by atoms with Crippen molar-refractivity contribution in [3.8, 4) is 0 Å². The van der Waals surface area contributed by atoms with E-state index in [0.29, 0.717) is 12.8 Å². The molecule has 0 saturated heterocycles. The van der Waals surface area contributed by atoms with Gasteiger partial charge in [-0.25, -0.2) is 0 Å². The van der Waals surface area contributed by atoms with Crippen LogP contribution in [0.15, 0.2) is 0 Å². The molecule has 0 amide bonds. The molecule has 0 fully saturated rings. The minimum absolute atomic E-state index is 0.0659. The lowest BCUT2D eigenvalue weighted by Crippen LogP contribution is -2.60. The summed E-state index contributed by atoms with van der Waals surface area (Å²) in [5.41, 5.74) is 0. The molecule has 0 heterocycles. The van der Waals surface area contributed by atoms with Gasteiger partial charge in [0.05, 0.1) is 6.61 Å². The fraction of sp³-hybridized carbons (Fsp3) is 0.929. The molecule has 0 bridgehead atoms. The number of hydrogen-bond donors (Lipinski definition) is 0. The molecule has 0 aromatic rings. The summed E-state index contributed by atoms with van der Waals surface area (Å²) in [6.45, 7) is 3.33. The van der Waals surface area contributed by atoms with E-state index in [1.165, 1.54) is 6.92 Å². The van der Waals surface area contributed by atoms with Crippen LogP contribution in [0.3, 0.4) is 0 Å². The highest BCUT2D eigenvalue weighted by Gasteiger charge is 2.81. The molecule has 0 aliphatic rings. The summed E-state index contributed by atoms with van der Waals surface area (Å²) in [4.78, 5) is 11.6. The van der Waals surface area contributed by atoms with Gasteiger partial charge in [-0.15, -0.1) is 11.8 Å². The second-order valence-electron chi connectivity index (χ2n) is 5.35. The predicted molar refractivity (Wildman–Crippen MR) is 77.9 cm³/mol. The molecule has 0 radical (unpaired) electrons. The minimum atomic E-state index is -6.87. The molecule has 26 heavy (non-hydrogen) atoms. The minimum Gasteiger partial charge on any atom is -0.465 e. The van der Waals surface area contributed by atoms with Crippen molar-refractivity contribution in [3.05, 3.63) is 0 Å². The first kappa shape index (κ1) is 25.2. The number of thioether (sulfide) groups is 1. The molecule has 0 aliphatic carbocycles. The van der Waals surface area contributed by atoms with Gasteiger partial charge in [-0.2, -0.15) is 39.5 Å². The summed E-state index contributed by atoms with van der Waals surface area (Å²) < 4.78 is 119. The monoisotopic (exact) mass is 422 g/mol. The lowest BCUT2D eigenvalue weighted by molar-refractivity contribution is -0.396. The number of hydrogen-bond acceptors (Lipinski definition) is 3. The lowest BCUT2D eigenvalue weighted by atomic mass is 10.00. The first-order valence-electron chi connectivity index (χ1n) is 7.64. The number of carbonyl (C=O) groups is 1. The molecule has 12 heteroatoms. The van der Waals surface area contributed by atoms with Crippen LogP contribution in [0, 0.1) is 0 Å². The van der Waals surface area contributed by atoms with Gasteiger partial charge in [-0.1, -0.05) is 13.3 Å². The van der Waals surface area contributed by atoms with Gasteiger partial charge in [0.2, 0.25) is 0 Å². The SMILES string of the molecule is CCCC(SCCCC(F)(F)C(F)(F)C(F)(F)C(F)(F)F)C(=O)OCC. The predicted octanol–water partition coefficient (Wildman–Crippen LogP) is 5.70. The molecular weight excluding hydrogens is 403 g/mol. The number of rotatable bonds is 11. The van der Waals surface area contributed by atoms with E-state index >= 15 is 0 Å². The average molecular weight is 422 g/mol. The van der Waals surface area contributed by atoms with Crippen LogP contribution in [0.25, 0.3) is 0 Å². The van der Waals surface area contributed by atoms with Crippen molar-refractivity contribution >= 4 is 17.7 Å². The van der Waals surface area contributed by atoms with Crippen molar-refractivity contribution in [3.63, 3.8) is 0 Å². The Kier molecular flexibility index (Phi) is 9.11. The van der Waals surface area contributed by atoms with Gasteiger partial charge in [-0.3, -0.25) is 4.79 Å². The van der Waals surface area contributed by atoms with Crippen LogP contribution < -0.4 is 0 Å². The second kappa shape index (κ2) is 9.41. The van der Waals surface area contributed by atoms with Gasteiger partial charge in [0, 0.05) is 6.42 Å². The molecule has 0 saturated carbocycles. The number of ether oxygens (including phenoxy) is 1. The van der Waals surface area contributed by atoms with Crippen LogP contribution in [-0.2, 0) is 9.53 Å².